The number of nitrogens with one attached hydrogen (secondary N) is 1. The molecule has 0 aliphatic heterocycles. The van der Waals surface area contributed by atoms with Gasteiger partial charge in [0.05, 0.1) is 24.9 Å². The molecule has 0 aliphatic carbocycles. The van der Waals surface area contributed by atoms with Gasteiger partial charge in [0.2, 0.25) is 5.91 Å². The van der Waals surface area contributed by atoms with Crippen LogP contribution < -0.4 is 10.1 Å². The van der Waals surface area contributed by atoms with E-state index in [-0.39, 0.29) is 5.91 Å². The van der Waals surface area contributed by atoms with Gasteiger partial charge >= 0.3 is 0 Å². The van der Waals surface area contributed by atoms with Crippen LogP contribution in [0.25, 0.3) is 0 Å². The number of rotatable bonds is 5. The summed E-state index contributed by atoms with van der Waals surface area (Å²) < 4.78 is 5.35. The molecule has 0 atom stereocenters. The topological polar surface area (TPSA) is 51.2 Å². The highest BCUT2D eigenvalue weighted by Crippen LogP contribution is 2.13. The summed E-state index contributed by atoms with van der Waals surface area (Å²) in [6, 6.07) is 11.1. The van der Waals surface area contributed by atoms with E-state index in [1.165, 1.54) is 0 Å². The number of carbonyl (C=O) groups is 1. The van der Waals surface area contributed by atoms with Crippen molar-refractivity contribution in [1.82, 2.24) is 4.98 Å². The Kier molecular flexibility index (Phi) is 4.50. The molecule has 0 saturated heterocycles. The molecular weight excluding hydrogens is 240 g/mol. The highest BCUT2D eigenvalue weighted by atomic mass is 16.5. The summed E-state index contributed by atoms with van der Waals surface area (Å²) in [4.78, 5) is 15.8. The Labute approximate surface area is 112 Å². The van der Waals surface area contributed by atoms with Gasteiger partial charge in [0, 0.05) is 6.20 Å². The van der Waals surface area contributed by atoms with E-state index in [0.29, 0.717) is 18.7 Å². The SMILES string of the molecule is CCOc1ccc(CC(=O)Nc2cccnc2)cc1. The summed E-state index contributed by atoms with van der Waals surface area (Å²) >= 11 is 0. The predicted octanol–water partition coefficient (Wildman–Crippen LogP) is 2.66. The Morgan fingerprint density at radius 2 is 2.05 bits per heavy atom. The van der Waals surface area contributed by atoms with E-state index >= 15 is 0 Å². The van der Waals surface area contributed by atoms with Gasteiger partial charge in [0.25, 0.3) is 0 Å². The van der Waals surface area contributed by atoms with Crippen molar-refractivity contribution in [1.29, 1.82) is 0 Å². The molecule has 0 fully saturated rings. The molecule has 4 heteroatoms. The first kappa shape index (κ1) is 13.1. The first-order valence-corrected chi connectivity index (χ1v) is 6.19. The molecule has 0 radical (unpaired) electrons. The van der Waals surface area contributed by atoms with Crippen LogP contribution in [0, 0.1) is 0 Å². The lowest BCUT2D eigenvalue weighted by Gasteiger charge is -2.06. The van der Waals surface area contributed by atoms with E-state index in [1.807, 2.05) is 37.3 Å². The molecule has 1 aromatic carbocycles. The third kappa shape index (κ3) is 4.10. The van der Waals surface area contributed by atoms with Crippen LogP contribution in [0.15, 0.2) is 48.8 Å². The van der Waals surface area contributed by atoms with Gasteiger partial charge in [-0.15, -0.1) is 0 Å². The van der Waals surface area contributed by atoms with E-state index in [2.05, 4.69) is 10.3 Å². The van der Waals surface area contributed by atoms with Crippen molar-refractivity contribution in [2.24, 2.45) is 0 Å². The van der Waals surface area contributed by atoms with Crippen molar-refractivity contribution in [3.63, 3.8) is 0 Å². The number of carbonyl (C=O) groups excluding carboxylic acids is 1. The fraction of sp³-hybridized carbons (Fsp3) is 0.200. The summed E-state index contributed by atoms with van der Waals surface area (Å²) in [5, 5.41) is 2.80. The second-order valence-electron chi connectivity index (χ2n) is 4.04. The number of hydrogen-bond acceptors (Lipinski definition) is 3. The van der Waals surface area contributed by atoms with Gasteiger partial charge in [-0.2, -0.15) is 0 Å². The van der Waals surface area contributed by atoms with Gasteiger partial charge in [0.1, 0.15) is 5.75 Å². The third-order valence-electron chi connectivity index (χ3n) is 2.54. The molecule has 0 aliphatic rings. The van der Waals surface area contributed by atoms with Crippen LogP contribution >= 0.6 is 0 Å². The quantitative estimate of drug-likeness (QED) is 0.894. The van der Waals surface area contributed by atoms with E-state index in [1.54, 1.807) is 18.5 Å². The maximum absolute atomic E-state index is 11.8. The summed E-state index contributed by atoms with van der Waals surface area (Å²) in [6.07, 6.45) is 3.62. The summed E-state index contributed by atoms with van der Waals surface area (Å²) in [7, 11) is 0. The first-order chi connectivity index (χ1) is 9.28. The van der Waals surface area contributed by atoms with Crippen LogP contribution in [0.5, 0.6) is 5.75 Å². The zero-order valence-corrected chi connectivity index (χ0v) is 10.8. The maximum atomic E-state index is 11.8. The minimum atomic E-state index is -0.0582. The van der Waals surface area contributed by atoms with Crippen LogP contribution in [-0.4, -0.2) is 17.5 Å². The Morgan fingerprint density at radius 1 is 1.26 bits per heavy atom. The molecule has 1 heterocycles. The van der Waals surface area contributed by atoms with E-state index in [4.69, 9.17) is 4.74 Å². The summed E-state index contributed by atoms with van der Waals surface area (Å²) in [5.74, 6) is 0.760. The van der Waals surface area contributed by atoms with E-state index < -0.39 is 0 Å². The molecule has 1 aromatic heterocycles. The van der Waals surface area contributed by atoms with Crippen molar-refractivity contribution in [2.45, 2.75) is 13.3 Å². The number of nitrogens with zero attached hydrogens (tertiary/aromatic N) is 1. The molecule has 98 valence electrons. The zero-order valence-electron chi connectivity index (χ0n) is 10.8. The second kappa shape index (κ2) is 6.54. The van der Waals surface area contributed by atoms with E-state index in [9.17, 15) is 4.79 Å². The number of aromatic nitrogens is 1. The minimum Gasteiger partial charge on any atom is -0.494 e. The second-order valence-corrected chi connectivity index (χ2v) is 4.04. The molecule has 0 saturated carbocycles. The van der Waals surface area contributed by atoms with E-state index in [0.717, 1.165) is 11.3 Å². The Morgan fingerprint density at radius 3 is 2.68 bits per heavy atom. The Hall–Kier alpha value is -2.36. The number of amides is 1. The van der Waals surface area contributed by atoms with Crippen LogP contribution in [0.2, 0.25) is 0 Å². The maximum Gasteiger partial charge on any atom is 0.228 e. The smallest absolute Gasteiger partial charge is 0.228 e. The third-order valence-corrected chi connectivity index (χ3v) is 2.54. The fourth-order valence-electron chi connectivity index (χ4n) is 1.70. The summed E-state index contributed by atoms with van der Waals surface area (Å²) in [5.41, 5.74) is 1.66. The minimum absolute atomic E-state index is 0.0582. The highest BCUT2D eigenvalue weighted by molar-refractivity contribution is 5.92. The lowest BCUT2D eigenvalue weighted by molar-refractivity contribution is -0.115. The fourth-order valence-corrected chi connectivity index (χ4v) is 1.70. The van der Waals surface area contributed by atoms with Crippen molar-refractivity contribution in [2.75, 3.05) is 11.9 Å². The van der Waals surface area contributed by atoms with Gasteiger partial charge in [-0.3, -0.25) is 9.78 Å². The van der Waals surface area contributed by atoms with Gasteiger partial charge < -0.3 is 10.1 Å². The van der Waals surface area contributed by atoms with Crippen molar-refractivity contribution < 1.29 is 9.53 Å². The number of hydrogen-bond donors (Lipinski definition) is 1. The molecule has 0 bridgehead atoms. The van der Waals surface area contributed by atoms with Crippen LogP contribution in [0.4, 0.5) is 5.69 Å². The average Bonchev–Trinajstić information content (AvgIpc) is 2.42. The standard InChI is InChI=1S/C15H16N2O2/c1-2-19-14-7-5-12(6-8-14)10-15(18)17-13-4-3-9-16-11-13/h3-9,11H,2,10H2,1H3,(H,17,18). The predicted molar refractivity (Wildman–Crippen MR) is 74.2 cm³/mol. The lowest BCUT2D eigenvalue weighted by Crippen LogP contribution is -2.14. The molecule has 0 unspecified atom stereocenters. The summed E-state index contributed by atoms with van der Waals surface area (Å²) in [6.45, 7) is 2.58. The highest BCUT2D eigenvalue weighted by Gasteiger charge is 2.04. The van der Waals surface area contributed by atoms with Gasteiger partial charge in [-0.05, 0) is 36.8 Å². The first-order valence-electron chi connectivity index (χ1n) is 6.19. The lowest BCUT2D eigenvalue weighted by atomic mass is 10.1. The zero-order chi connectivity index (χ0) is 13.5. The van der Waals surface area contributed by atoms with Crippen molar-refractivity contribution >= 4 is 11.6 Å². The normalized spacial score (nSPS) is 9.95. The van der Waals surface area contributed by atoms with Crippen LogP contribution in [0.3, 0.4) is 0 Å². The Bertz CT molecular complexity index is 524. The van der Waals surface area contributed by atoms with Crippen molar-refractivity contribution in [3.8, 4) is 5.75 Å². The molecule has 2 aromatic rings. The van der Waals surface area contributed by atoms with Crippen LogP contribution in [0.1, 0.15) is 12.5 Å². The van der Waals surface area contributed by atoms with Gasteiger partial charge in [-0.25, -0.2) is 0 Å². The van der Waals surface area contributed by atoms with Gasteiger partial charge in [-0.1, -0.05) is 12.1 Å². The Balaban J connectivity index is 1.91. The number of ether oxygens (including phenoxy) is 1. The van der Waals surface area contributed by atoms with Gasteiger partial charge in [0.15, 0.2) is 0 Å². The molecular formula is C15H16N2O2. The molecule has 2 rings (SSSR count). The molecule has 1 amide bonds. The largest absolute Gasteiger partial charge is 0.494 e. The number of anilines is 1. The molecule has 1 N–H and O–H groups in total. The van der Waals surface area contributed by atoms with Crippen LogP contribution in [-0.2, 0) is 11.2 Å². The molecule has 19 heavy (non-hydrogen) atoms. The van der Waals surface area contributed by atoms with Crippen molar-refractivity contribution in [3.05, 3.63) is 54.4 Å². The number of benzene rings is 1. The average molecular weight is 256 g/mol. The number of pyridine rings is 1. The molecule has 4 nitrogen and oxygen atoms in total. The monoisotopic (exact) mass is 256 g/mol. The molecule has 0 spiro atoms.